The molecule has 0 aliphatic heterocycles. The second-order valence-corrected chi connectivity index (χ2v) is 8.64. The molecule has 0 saturated heterocycles. The standard InChI is InChI=1S/C24H19BrClNO4/c1-27(22(23(28)29)19-11-10-14(25)12-21(19)26)24(30)31-13-20-17-8-4-2-6-15(17)16-7-3-5-9-18(16)20/h2-12,20,22H,13H2,1H3,(H,28,29). The Balaban J connectivity index is 1.55. The van der Waals surface area contributed by atoms with E-state index in [9.17, 15) is 14.7 Å². The van der Waals surface area contributed by atoms with Crippen LogP contribution in [0.3, 0.4) is 0 Å². The van der Waals surface area contributed by atoms with Crippen LogP contribution in [-0.2, 0) is 9.53 Å². The van der Waals surface area contributed by atoms with Crippen LogP contribution < -0.4 is 0 Å². The number of fused-ring (bicyclic) bond motifs is 3. The number of hydrogen-bond acceptors (Lipinski definition) is 3. The summed E-state index contributed by atoms with van der Waals surface area (Å²) in [7, 11) is 1.40. The quantitative estimate of drug-likeness (QED) is 0.459. The smallest absolute Gasteiger partial charge is 0.410 e. The molecule has 1 aliphatic carbocycles. The Kier molecular flexibility index (Phi) is 6.03. The number of likely N-dealkylation sites (N-methyl/N-ethyl adjacent to an activating group) is 1. The fraction of sp³-hybridized carbons (Fsp3) is 0.167. The molecule has 0 bridgehead atoms. The molecule has 31 heavy (non-hydrogen) atoms. The molecule has 0 heterocycles. The van der Waals surface area contributed by atoms with Crippen LogP contribution in [0, 0.1) is 0 Å². The highest BCUT2D eigenvalue weighted by molar-refractivity contribution is 9.10. The zero-order valence-electron chi connectivity index (χ0n) is 16.6. The van der Waals surface area contributed by atoms with E-state index < -0.39 is 18.1 Å². The zero-order chi connectivity index (χ0) is 22.1. The summed E-state index contributed by atoms with van der Waals surface area (Å²) >= 11 is 9.54. The summed E-state index contributed by atoms with van der Waals surface area (Å²) in [5.41, 5.74) is 4.73. The van der Waals surface area contributed by atoms with Gasteiger partial charge in [0, 0.05) is 28.0 Å². The molecule has 1 atom stereocenters. The van der Waals surface area contributed by atoms with Gasteiger partial charge in [-0.25, -0.2) is 9.59 Å². The molecule has 1 amide bonds. The van der Waals surface area contributed by atoms with Crippen molar-refractivity contribution < 1.29 is 19.4 Å². The van der Waals surface area contributed by atoms with Crippen LogP contribution in [0.15, 0.2) is 71.2 Å². The van der Waals surface area contributed by atoms with Crippen LogP contribution in [0.2, 0.25) is 5.02 Å². The maximum atomic E-state index is 12.8. The van der Waals surface area contributed by atoms with Gasteiger partial charge >= 0.3 is 12.1 Å². The van der Waals surface area contributed by atoms with Gasteiger partial charge in [0.2, 0.25) is 0 Å². The second kappa shape index (κ2) is 8.73. The number of aliphatic carboxylic acids is 1. The van der Waals surface area contributed by atoms with Crippen LogP contribution >= 0.6 is 27.5 Å². The van der Waals surface area contributed by atoms with Crippen molar-refractivity contribution >= 4 is 39.6 Å². The first-order chi connectivity index (χ1) is 14.9. The Bertz CT molecular complexity index is 1120. The molecule has 1 unspecified atom stereocenters. The Morgan fingerprint density at radius 3 is 2.19 bits per heavy atom. The SMILES string of the molecule is CN(C(=O)OCC1c2ccccc2-c2ccccc21)C(C(=O)O)c1ccc(Br)cc1Cl. The van der Waals surface area contributed by atoms with E-state index in [4.69, 9.17) is 16.3 Å². The highest BCUT2D eigenvalue weighted by Gasteiger charge is 2.33. The third kappa shape index (κ3) is 4.05. The number of rotatable bonds is 5. The fourth-order valence-corrected chi connectivity index (χ4v) is 4.81. The highest BCUT2D eigenvalue weighted by Crippen LogP contribution is 2.44. The summed E-state index contributed by atoms with van der Waals surface area (Å²) in [5.74, 6) is -1.30. The van der Waals surface area contributed by atoms with Gasteiger partial charge in [-0.2, -0.15) is 0 Å². The number of carboxylic acid groups (broad SMARTS) is 1. The molecule has 158 valence electrons. The third-order valence-corrected chi connectivity index (χ3v) is 6.32. The first-order valence-electron chi connectivity index (χ1n) is 9.64. The fourth-order valence-electron chi connectivity index (χ4n) is 4.03. The van der Waals surface area contributed by atoms with Gasteiger partial charge in [-0.05, 0) is 34.4 Å². The Labute approximate surface area is 193 Å². The second-order valence-electron chi connectivity index (χ2n) is 7.32. The van der Waals surface area contributed by atoms with E-state index in [1.54, 1.807) is 18.2 Å². The summed E-state index contributed by atoms with van der Waals surface area (Å²) in [6.07, 6.45) is -0.728. The average molecular weight is 501 g/mol. The molecule has 4 rings (SSSR count). The van der Waals surface area contributed by atoms with E-state index in [0.717, 1.165) is 27.2 Å². The molecule has 7 heteroatoms. The van der Waals surface area contributed by atoms with Crippen LogP contribution in [0.4, 0.5) is 4.79 Å². The van der Waals surface area contributed by atoms with Gasteiger partial charge in [0.1, 0.15) is 6.61 Å². The number of benzene rings is 3. The monoisotopic (exact) mass is 499 g/mol. The minimum Gasteiger partial charge on any atom is -0.479 e. The third-order valence-electron chi connectivity index (χ3n) is 5.50. The molecule has 1 N–H and O–H groups in total. The number of nitrogens with zero attached hydrogens (tertiary/aromatic N) is 1. The average Bonchev–Trinajstić information content (AvgIpc) is 3.07. The largest absolute Gasteiger partial charge is 0.479 e. The van der Waals surface area contributed by atoms with E-state index in [2.05, 4.69) is 28.1 Å². The summed E-state index contributed by atoms with van der Waals surface area (Å²) in [6.45, 7) is 0.109. The number of amides is 1. The van der Waals surface area contributed by atoms with Crippen molar-refractivity contribution in [3.8, 4) is 11.1 Å². The number of carboxylic acids is 1. The maximum Gasteiger partial charge on any atom is 0.410 e. The van der Waals surface area contributed by atoms with Gasteiger partial charge in [0.05, 0.1) is 0 Å². The predicted octanol–water partition coefficient (Wildman–Crippen LogP) is 6.11. The van der Waals surface area contributed by atoms with E-state index in [-0.39, 0.29) is 17.5 Å². The van der Waals surface area contributed by atoms with Gasteiger partial charge in [0.25, 0.3) is 0 Å². The van der Waals surface area contributed by atoms with Crippen LogP contribution in [0.1, 0.15) is 28.7 Å². The molecule has 0 saturated carbocycles. The predicted molar refractivity (Wildman–Crippen MR) is 122 cm³/mol. The Morgan fingerprint density at radius 2 is 1.65 bits per heavy atom. The Morgan fingerprint density at radius 1 is 1.06 bits per heavy atom. The lowest BCUT2D eigenvalue weighted by Crippen LogP contribution is -2.37. The molecule has 0 spiro atoms. The van der Waals surface area contributed by atoms with Crippen molar-refractivity contribution in [1.29, 1.82) is 0 Å². The summed E-state index contributed by atoms with van der Waals surface area (Å²) < 4.78 is 6.31. The van der Waals surface area contributed by atoms with Gasteiger partial charge in [-0.15, -0.1) is 0 Å². The van der Waals surface area contributed by atoms with Gasteiger partial charge in [-0.3, -0.25) is 4.90 Å². The van der Waals surface area contributed by atoms with E-state index >= 15 is 0 Å². The zero-order valence-corrected chi connectivity index (χ0v) is 18.9. The lowest BCUT2D eigenvalue weighted by molar-refractivity contribution is -0.142. The van der Waals surface area contributed by atoms with Crippen molar-refractivity contribution in [1.82, 2.24) is 4.90 Å². The molecule has 3 aromatic carbocycles. The van der Waals surface area contributed by atoms with Crippen molar-refractivity contribution in [2.45, 2.75) is 12.0 Å². The summed E-state index contributed by atoms with van der Waals surface area (Å²) in [4.78, 5) is 25.8. The van der Waals surface area contributed by atoms with Crippen LogP contribution in [0.5, 0.6) is 0 Å². The van der Waals surface area contributed by atoms with Gasteiger partial charge < -0.3 is 9.84 Å². The normalized spacial score (nSPS) is 13.3. The first kappa shape index (κ1) is 21.4. The summed E-state index contributed by atoms with van der Waals surface area (Å²) in [6, 6.07) is 19.6. The molecule has 0 aromatic heterocycles. The lowest BCUT2D eigenvalue weighted by atomic mass is 9.98. The van der Waals surface area contributed by atoms with Crippen molar-refractivity contribution in [3.63, 3.8) is 0 Å². The van der Waals surface area contributed by atoms with Crippen LogP contribution in [0.25, 0.3) is 11.1 Å². The topological polar surface area (TPSA) is 66.8 Å². The van der Waals surface area contributed by atoms with Gasteiger partial charge in [-0.1, -0.05) is 82.1 Å². The van der Waals surface area contributed by atoms with E-state index in [0.29, 0.717) is 10.0 Å². The number of ether oxygens (including phenoxy) is 1. The van der Waals surface area contributed by atoms with Crippen LogP contribution in [-0.4, -0.2) is 35.7 Å². The molecule has 0 fully saturated rings. The van der Waals surface area contributed by atoms with E-state index in [1.807, 2.05) is 36.4 Å². The van der Waals surface area contributed by atoms with E-state index in [1.165, 1.54) is 7.05 Å². The number of carbonyl (C=O) groups is 2. The molecular weight excluding hydrogens is 482 g/mol. The number of halogens is 2. The van der Waals surface area contributed by atoms with Gasteiger partial charge in [0.15, 0.2) is 6.04 Å². The Hall–Kier alpha value is -2.83. The van der Waals surface area contributed by atoms with Crippen molar-refractivity contribution in [3.05, 3.63) is 92.9 Å². The number of carbonyl (C=O) groups excluding carboxylic acids is 1. The minimum absolute atomic E-state index is 0.107. The lowest BCUT2D eigenvalue weighted by Gasteiger charge is -2.26. The maximum absolute atomic E-state index is 12.8. The summed E-state index contributed by atoms with van der Waals surface area (Å²) in [5, 5.41) is 10.0. The minimum atomic E-state index is -1.27. The van der Waals surface area contributed by atoms with Crippen molar-refractivity contribution in [2.24, 2.45) is 0 Å². The van der Waals surface area contributed by atoms with Crippen molar-refractivity contribution in [2.75, 3.05) is 13.7 Å². The first-order valence-corrected chi connectivity index (χ1v) is 10.8. The molecule has 1 aliphatic rings. The molecular formula is C24H19BrClNO4. The molecule has 3 aromatic rings. The highest BCUT2D eigenvalue weighted by atomic mass is 79.9. The molecule has 0 radical (unpaired) electrons. The number of hydrogen-bond donors (Lipinski definition) is 1. The molecule has 5 nitrogen and oxygen atoms in total.